The van der Waals surface area contributed by atoms with Gasteiger partial charge < -0.3 is 27.7 Å². The number of ether oxygens (including phenoxy) is 1. The maximum Gasteiger partial charge on any atom is 0.127 e. The van der Waals surface area contributed by atoms with E-state index in [4.69, 9.17) is 27.7 Å². The lowest BCUT2D eigenvalue weighted by Gasteiger charge is -2.05. The fourth-order valence-electron chi connectivity index (χ4n) is 3.20. The van der Waals surface area contributed by atoms with Crippen molar-refractivity contribution >= 4 is 22.7 Å². The third-order valence-corrected chi connectivity index (χ3v) is 5.37. The Hall–Kier alpha value is -4.90. The summed E-state index contributed by atoms with van der Waals surface area (Å²) in [5.74, 6) is 1.52. The Kier molecular flexibility index (Phi) is 11.3. The van der Waals surface area contributed by atoms with E-state index in [-0.39, 0.29) is 7.43 Å². The van der Waals surface area contributed by atoms with E-state index >= 15 is 0 Å². The summed E-state index contributed by atoms with van der Waals surface area (Å²) in [7, 11) is 0. The molecule has 0 radical (unpaired) electrons. The highest BCUT2D eigenvalue weighted by Gasteiger charge is 1.97. The molecule has 0 heterocycles. The molecule has 0 aromatic heterocycles. The van der Waals surface area contributed by atoms with Crippen LogP contribution >= 0.6 is 0 Å². The summed E-state index contributed by atoms with van der Waals surface area (Å²) in [6, 6.07) is 38.7. The van der Waals surface area contributed by atoms with Crippen LogP contribution in [0.3, 0.4) is 0 Å². The van der Waals surface area contributed by atoms with Gasteiger partial charge >= 0.3 is 0 Å². The molecule has 5 nitrogen and oxygen atoms in total. The molecule has 8 N–H and O–H groups in total. The Morgan fingerprint density at radius 3 is 0.921 bits per heavy atom. The van der Waals surface area contributed by atoms with Crippen LogP contribution in [0.5, 0.6) is 11.5 Å². The van der Waals surface area contributed by atoms with E-state index < -0.39 is 0 Å². The van der Waals surface area contributed by atoms with Crippen molar-refractivity contribution in [2.75, 3.05) is 22.9 Å². The molecule has 5 rings (SSSR count). The molecule has 5 aromatic rings. The zero-order valence-corrected chi connectivity index (χ0v) is 21.3. The highest BCUT2D eigenvalue weighted by atomic mass is 16.5. The minimum atomic E-state index is 0. The van der Waals surface area contributed by atoms with Gasteiger partial charge in [-0.25, -0.2) is 0 Å². The standard InChI is InChI=1S/C13H13N.C12H12N2O.C7H9N.CH4/c1-10-2-4-11(5-3-10)12-6-8-13(14)9-7-12;13-9-1-5-11(6-2-9)15-12-7-3-10(14)4-8-12;1-6-2-4-7(8)5-3-6;/h2-9H,14H2,1H3;1-8H,13-14H2;2-5H,8H2,1H3;1H4. The second-order valence-electron chi connectivity index (χ2n) is 8.64. The van der Waals surface area contributed by atoms with Crippen LogP contribution in [-0.4, -0.2) is 0 Å². The molecule has 0 fully saturated rings. The third-order valence-electron chi connectivity index (χ3n) is 5.37. The maximum atomic E-state index is 5.63. The van der Waals surface area contributed by atoms with Crippen LogP contribution in [0.15, 0.2) is 121 Å². The molecule has 0 amide bonds. The van der Waals surface area contributed by atoms with Crippen LogP contribution in [-0.2, 0) is 0 Å². The van der Waals surface area contributed by atoms with Crippen LogP contribution in [0.1, 0.15) is 18.6 Å². The number of benzene rings is 5. The van der Waals surface area contributed by atoms with Gasteiger partial charge in [0.05, 0.1) is 0 Å². The van der Waals surface area contributed by atoms with Crippen molar-refractivity contribution in [3.8, 4) is 22.6 Å². The lowest BCUT2D eigenvalue weighted by molar-refractivity contribution is 0.483. The van der Waals surface area contributed by atoms with E-state index in [9.17, 15) is 0 Å². The van der Waals surface area contributed by atoms with Gasteiger partial charge in [-0.3, -0.25) is 0 Å². The Balaban J connectivity index is 0.000000206. The number of hydrogen-bond donors (Lipinski definition) is 4. The van der Waals surface area contributed by atoms with Crippen molar-refractivity contribution in [2.45, 2.75) is 21.3 Å². The quantitative estimate of drug-likeness (QED) is 0.185. The van der Waals surface area contributed by atoms with Crippen molar-refractivity contribution < 1.29 is 4.74 Å². The van der Waals surface area contributed by atoms with E-state index in [0.717, 1.165) is 34.2 Å². The summed E-state index contributed by atoms with van der Waals surface area (Å²) in [5.41, 5.74) is 30.2. The molecule has 5 heteroatoms. The predicted octanol–water partition coefficient (Wildman–Crippen LogP) is 8.10. The molecule has 0 atom stereocenters. The fourth-order valence-corrected chi connectivity index (χ4v) is 3.20. The maximum absolute atomic E-state index is 5.63. The van der Waals surface area contributed by atoms with Gasteiger partial charge in [-0.1, -0.05) is 67.1 Å². The molecule has 0 aliphatic carbocycles. The number of anilines is 4. The van der Waals surface area contributed by atoms with Crippen molar-refractivity contribution in [1.82, 2.24) is 0 Å². The van der Waals surface area contributed by atoms with Crippen LogP contribution in [0.4, 0.5) is 22.7 Å². The Labute approximate surface area is 226 Å². The number of hydrogen-bond acceptors (Lipinski definition) is 5. The van der Waals surface area contributed by atoms with Crippen molar-refractivity contribution in [2.24, 2.45) is 0 Å². The fraction of sp³-hybridized carbons (Fsp3) is 0.0909. The highest BCUT2D eigenvalue weighted by molar-refractivity contribution is 5.65. The average Bonchev–Trinajstić information content (AvgIpc) is 2.90. The Morgan fingerprint density at radius 1 is 0.368 bits per heavy atom. The average molecular weight is 507 g/mol. The second-order valence-corrected chi connectivity index (χ2v) is 8.64. The van der Waals surface area contributed by atoms with E-state index in [0.29, 0.717) is 0 Å². The molecule has 5 aromatic carbocycles. The van der Waals surface area contributed by atoms with Crippen LogP contribution in [0.25, 0.3) is 11.1 Å². The molecule has 0 aliphatic rings. The van der Waals surface area contributed by atoms with Gasteiger partial charge in [-0.05, 0) is 97.8 Å². The van der Waals surface area contributed by atoms with Gasteiger partial charge in [0.15, 0.2) is 0 Å². The van der Waals surface area contributed by atoms with Crippen LogP contribution in [0.2, 0.25) is 0 Å². The molecular weight excluding hydrogens is 468 g/mol. The number of rotatable bonds is 3. The predicted molar refractivity (Wildman–Crippen MR) is 165 cm³/mol. The third kappa shape index (κ3) is 9.99. The Morgan fingerprint density at radius 2 is 0.605 bits per heavy atom. The SMILES string of the molecule is C.Cc1ccc(-c2ccc(N)cc2)cc1.Cc1ccc(N)cc1.Nc1ccc(Oc2ccc(N)cc2)cc1. The Bertz CT molecular complexity index is 1240. The number of nitrogen functional groups attached to an aromatic ring is 4. The summed E-state index contributed by atoms with van der Waals surface area (Å²) >= 11 is 0. The van der Waals surface area contributed by atoms with Crippen LogP contribution in [0, 0.1) is 13.8 Å². The zero-order valence-electron chi connectivity index (χ0n) is 21.3. The molecule has 0 aliphatic heterocycles. The monoisotopic (exact) mass is 506 g/mol. The van der Waals surface area contributed by atoms with E-state index in [1.807, 2.05) is 79.7 Å². The van der Waals surface area contributed by atoms with Crippen molar-refractivity contribution in [3.63, 3.8) is 0 Å². The summed E-state index contributed by atoms with van der Waals surface area (Å²) in [5, 5.41) is 0. The summed E-state index contributed by atoms with van der Waals surface area (Å²) in [6.45, 7) is 4.13. The van der Waals surface area contributed by atoms with E-state index in [1.54, 1.807) is 24.3 Å². The minimum Gasteiger partial charge on any atom is -0.457 e. The first-order valence-electron chi connectivity index (χ1n) is 11.9. The zero-order chi connectivity index (χ0) is 26.6. The first-order valence-corrected chi connectivity index (χ1v) is 11.9. The smallest absolute Gasteiger partial charge is 0.127 e. The van der Waals surface area contributed by atoms with Gasteiger partial charge in [0.25, 0.3) is 0 Å². The normalized spacial score (nSPS) is 9.53. The summed E-state index contributed by atoms with van der Waals surface area (Å²) in [6.07, 6.45) is 0. The van der Waals surface area contributed by atoms with Gasteiger partial charge in [0, 0.05) is 22.7 Å². The molecule has 0 spiro atoms. The topological polar surface area (TPSA) is 113 Å². The molecular formula is C33H38N4O. The van der Waals surface area contributed by atoms with Gasteiger partial charge in [-0.2, -0.15) is 0 Å². The largest absolute Gasteiger partial charge is 0.457 e. The number of aryl methyl sites for hydroxylation is 2. The molecule has 0 saturated heterocycles. The summed E-state index contributed by atoms with van der Waals surface area (Å²) < 4.78 is 5.58. The van der Waals surface area contributed by atoms with Crippen molar-refractivity contribution in [1.29, 1.82) is 0 Å². The van der Waals surface area contributed by atoms with Crippen molar-refractivity contribution in [3.05, 3.63) is 132 Å². The van der Waals surface area contributed by atoms with Crippen LogP contribution < -0.4 is 27.7 Å². The number of nitrogens with two attached hydrogens (primary N) is 4. The molecule has 196 valence electrons. The summed E-state index contributed by atoms with van der Waals surface area (Å²) in [4.78, 5) is 0. The lowest BCUT2D eigenvalue weighted by Crippen LogP contribution is -1.87. The van der Waals surface area contributed by atoms with E-state index in [1.165, 1.54) is 22.3 Å². The highest BCUT2D eigenvalue weighted by Crippen LogP contribution is 2.23. The molecule has 38 heavy (non-hydrogen) atoms. The molecule has 0 bridgehead atoms. The van der Waals surface area contributed by atoms with Gasteiger partial charge in [0.1, 0.15) is 11.5 Å². The lowest BCUT2D eigenvalue weighted by atomic mass is 10.0. The second kappa shape index (κ2) is 14.6. The van der Waals surface area contributed by atoms with E-state index in [2.05, 4.69) is 31.2 Å². The molecule has 0 saturated carbocycles. The molecule has 0 unspecified atom stereocenters. The minimum absolute atomic E-state index is 0. The first-order chi connectivity index (χ1) is 17.8. The van der Waals surface area contributed by atoms with Gasteiger partial charge in [-0.15, -0.1) is 0 Å². The first kappa shape index (κ1) is 29.3. The van der Waals surface area contributed by atoms with Gasteiger partial charge in [0.2, 0.25) is 0 Å².